The highest BCUT2D eigenvalue weighted by atomic mass is 16.5. The van der Waals surface area contributed by atoms with Crippen LogP contribution in [-0.4, -0.2) is 18.4 Å². The van der Waals surface area contributed by atoms with Gasteiger partial charge in [-0.05, 0) is 40.2 Å². The minimum absolute atomic E-state index is 0.135. The summed E-state index contributed by atoms with van der Waals surface area (Å²) in [6, 6.07) is 9.49. The maximum atomic E-state index is 12.7. The van der Waals surface area contributed by atoms with Gasteiger partial charge in [-0.3, -0.25) is 9.59 Å². The second kappa shape index (κ2) is 5.55. The first-order valence-electron chi connectivity index (χ1n) is 6.52. The van der Waals surface area contributed by atoms with Crippen LogP contribution in [0.1, 0.15) is 40.2 Å². The molecule has 0 spiro atoms. The van der Waals surface area contributed by atoms with Crippen molar-refractivity contribution in [2.45, 2.75) is 40.0 Å². The molecule has 3 nitrogen and oxygen atoms in total. The van der Waals surface area contributed by atoms with E-state index in [0.717, 1.165) is 5.56 Å². The van der Waals surface area contributed by atoms with Crippen molar-refractivity contribution in [1.29, 1.82) is 0 Å². The topological polar surface area (TPSA) is 43.4 Å². The number of carbonyl (C=O) groups excluding carboxylic acids is 2. The molecule has 3 heteroatoms. The molecule has 1 aromatic rings. The van der Waals surface area contributed by atoms with E-state index in [-0.39, 0.29) is 12.4 Å². The highest BCUT2D eigenvalue weighted by Gasteiger charge is 2.45. The van der Waals surface area contributed by atoms with Crippen molar-refractivity contribution in [3.8, 4) is 0 Å². The summed E-state index contributed by atoms with van der Waals surface area (Å²) in [5.41, 5.74) is -0.968. The van der Waals surface area contributed by atoms with E-state index in [1.807, 2.05) is 44.2 Å². The number of rotatable bonds is 5. The molecule has 0 bridgehead atoms. The predicted octanol–water partition coefficient (Wildman–Crippen LogP) is 3.12. The van der Waals surface area contributed by atoms with E-state index in [2.05, 4.69) is 0 Å². The SMILES string of the molecule is CCOC(=O)C(C)(C)C(=O)C(C)(C)c1ccccc1. The van der Waals surface area contributed by atoms with Crippen molar-refractivity contribution < 1.29 is 14.3 Å². The zero-order valence-electron chi connectivity index (χ0n) is 12.3. The Balaban J connectivity index is 3.08. The Hall–Kier alpha value is -1.64. The van der Waals surface area contributed by atoms with Gasteiger partial charge in [-0.15, -0.1) is 0 Å². The molecule has 1 rings (SSSR count). The zero-order chi connectivity index (χ0) is 14.7. The van der Waals surface area contributed by atoms with E-state index in [9.17, 15) is 9.59 Å². The van der Waals surface area contributed by atoms with E-state index >= 15 is 0 Å². The van der Waals surface area contributed by atoms with Gasteiger partial charge in [-0.1, -0.05) is 30.3 Å². The first-order chi connectivity index (χ1) is 8.74. The van der Waals surface area contributed by atoms with Gasteiger partial charge in [0, 0.05) is 5.41 Å². The van der Waals surface area contributed by atoms with Crippen LogP contribution in [0, 0.1) is 5.41 Å². The van der Waals surface area contributed by atoms with Crippen molar-refractivity contribution in [3.05, 3.63) is 35.9 Å². The van der Waals surface area contributed by atoms with Crippen LogP contribution in [0.2, 0.25) is 0 Å². The van der Waals surface area contributed by atoms with Crippen molar-refractivity contribution in [1.82, 2.24) is 0 Å². The molecule has 0 fully saturated rings. The first kappa shape index (κ1) is 15.4. The number of hydrogen-bond acceptors (Lipinski definition) is 3. The monoisotopic (exact) mass is 262 g/mol. The molecule has 0 aliphatic rings. The van der Waals surface area contributed by atoms with Gasteiger partial charge in [0.05, 0.1) is 6.61 Å². The number of esters is 1. The maximum Gasteiger partial charge on any atom is 0.319 e. The van der Waals surface area contributed by atoms with Crippen LogP contribution in [0.4, 0.5) is 0 Å². The Labute approximate surface area is 115 Å². The predicted molar refractivity (Wildman–Crippen MR) is 74.9 cm³/mol. The maximum absolute atomic E-state index is 12.7. The lowest BCUT2D eigenvalue weighted by molar-refractivity contribution is -0.159. The summed E-state index contributed by atoms with van der Waals surface area (Å²) in [6.45, 7) is 8.94. The van der Waals surface area contributed by atoms with Gasteiger partial charge in [-0.25, -0.2) is 0 Å². The average Bonchev–Trinajstić information content (AvgIpc) is 2.39. The fourth-order valence-corrected chi connectivity index (χ4v) is 2.17. The summed E-state index contributed by atoms with van der Waals surface area (Å²) in [4.78, 5) is 24.6. The number of carbonyl (C=O) groups is 2. The molecule has 0 aromatic heterocycles. The van der Waals surface area contributed by atoms with Crippen LogP contribution in [0.15, 0.2) is 30.3 Å². The molecular weight excluding hydrogens is 240 g/mol. The molecule has 0 N–H and O–H groups in total. The molecule has 0 radical (unpaired) electrons. The van der Waals surface area contributed by atoms with Crippen molar-refractivity contribution in [2.24, 2.45) is 5.41 Å². The van der Waals surface area contributed by atoms with Crippen LogP contribution in [0.3, 0.4) is 0 Å². The summed E-state index contributed by atoms with van der Waals surface area (Å²) in [7, 11) is 0. The third kappa shape index (κ3) is 3.03. The third-order valence-corrected chi connectivity index (χ3v) is 3.42. The lowest BCUT2D eigenvalue weighted by Gasteiger charge is -2.32. The minimum Gasteiger partial charge on any atom is -0.465 e. The summed E-state index contributed by atoms with van der Waals surface area (Å²) in [5.74, 6) is -0.603. The fourth-order valence-electron chi connectivity index (χ4n) is 2.17. The number of hydrogen-bond donors (Lipinski definition) is 0. The van der Waals surface area contributed by atoms with Crippen molar-refractivity contribution >= 4 is 11.8 Å². The Morgan fingerprint density at radius 2 is 1.58 bits per heavy atom. The van der Waals surface area contributed by atoms with Gasteiger partial charge in [-0.2, -0.15) is 0 Å². The summed E-state index contributed by atoms with van der Waals surface area (Å²) < 4.78 is 5.00. The van der Waals surface area contributed by atoms with E-state index in [0.29, 0.717) is 0 Å². The van der Waals surface area contributed by atoms with Gasteiger partial charge in [0.1, 0.15) is 5.41 Å². The van der Waals surface area contributed by atoms with Crippen LogP contribution >= 0.6 is 0 Å². The lowest BCUT2D eigenvalue weighted by Crippen LogP contribution is -2.45. The molecule has 0 amide bonds. The van der Waals surface area contributed by atoms with Crippen LogP contribution < -0.4 is 0 Å². The number of ether oxygens (including phenoxy) is 1. The molecule has 0 atom stereocenters. The molecule has 19 heavy (non-hydrogen) atoms. The molecule has 0 aliphatic carbocycles. The van der Waals surface area contributed by atoms with Crippen LogP contribution in [0.5, 0.6) is 0 Å². The van der Waals surface area contributed by atoms with E-state index in [4.69, 9.17) is 4.74 Å². The average molecular weight is 262 g/mol. The van der Waals surface area contributed by atoms with Crippen LogP contribution in [0.25, 0.3) is 0 Å². The van der Waals surface area contributed by atoms with E-state index in [1.54, 1.807) is 20.8 Å². The second-order valence-electron chi connectivity index (χ2n) is 5.67. The Morgan fingerprint density at radius 1 is 1.05 bits per heavy atom. The second-order valence-corrected chi connectivity index (χ2v) is 5.67. The van der Waals surface area contributed by atoms with Gasteiger partial charge >= 0.3 is 5.97 Å². The highest BCUT2D eigenvalue weighted by molar-refractivity contribution is 6.07. The van der Waals surface area contributed by atoms with Gasteiger partial charge in [0.2, 0.25) is 0 Å². The summed E-state index contributed by atoms with van der Waals surface area (Å²) in [5, 5.41) is 0. The van der Waals surface area contributed by atoms with Crippen LogP contribution in [-0.2, 0) is 19.7 Å². The zero-order valence-corrected chi connectivity index (χ0v) is 12.3. The summed E-state index contributed by atoms with van der Waals surface area (Å²) in [6.07, 6.45) is 0. The van der Waals surface area contributed by atoms with E-state index < -0.39 is 16.8 Å². The smallest absolute Gasteiger partial charge is 0.319 e. The Kier molecular flexibility index (Phi) is 4.51. The fraction of sp³-hybridized carbons (Fsp3) is 0.500. The van der Waals surface area contributed by atoms with Gasteiger partial charge in [0.15, 0.2) is 5.78 Å². The molecule has 0 saturated heterocycles. The number of Topliss-reactive ketones (excluding diaryl/α,β-unsaturated/α-hetero) is 1. The minimum atomic E-state index is -1.14. The normalized spacial score (nSPS) is 12.1. The van der Waals surface area contributed by atoms with Gasteiger partial charge in [0.25, 0.3) is 0 Å². The Morgan fingerprint density at radius 3 is 2.05 bits per heavy atom. The number of ketones is 1. The van der Waals surface area contributed by atoms with Crippen molar-refractivity contribution in [2.75, 3.05) is 6.61 Å². The molecule has 104 valence electrons. The summed E-state index contributed by atoms with van der Waals surface area (Å²) >= 11 is 0. The first-order valence-corrected chi connectivity index (χ1v) is 6.52. The third-order valence-electron chi connectivity index (χ3n) is 3.42. The largest absolute Gasteiger partial charge is 0.465 e. The van der Waals surface area contributed by atoms with Gasteiger partial charge < -0.3 is 4.74 Å². The number of benzene rings is 1. The molecule has 0 saturated carbocycles. The quantitative estimate of drug-likeness (QED) is 0.605. The van der Waals surface area contributed by atoms with Crippen molar-refractivity contribution in [3.63, 3.8) is 0 Å². The van der Waals surface area contributed by atoms with E-state index in [1.165, 1.54) is 0 Å². The molecule has 0 heterocycles. The molecule has 0 unspecified atom stereocenters. The molecular formula is C16H22O3. The molecule has 0 aliphatic heterocycles. The standard InChI is InChI=1S/C16H22O3/c1-6-19-14(18)16(4,5)13(17)15(2,3)12-10-8-7-9-11-12/h7-11H,6H2,1-5H3. The highest BCUT2D eigenvalue weighted by Crippen LogP contribution is 2.33. The Bertz CT molecular complexity index is 458. The molecule has 1 aromatic carbocycles. The lowest BCUT2D eigenvalue weighted by atomic mass is 9.70.